The van der Waals surface area contributed by atoms with Gasteiger partial charge in [-0.25, -0.2) is 4.98 Å². The standard InChI is InChI=1S/C17H14BrN3OS/c18-13-6-9-16(19-10-13)21-17(23)20-11-14-7-8-15(22-14)12-4-2-1-3-5-12/h1-10H,11H2,(H2,19,20,21,23). The van der Waals surface area contributed by atoms with Gasteiger partial charge < -0.3 is 15.1 Å². The molecule has 0 aliphatic carbocycles. The summed E-state index contributed by atoms with van der Waals surface area (Å²) in [7, 11) is 0. The molecule has 0 saturated carbocycles. The summed E-state index contributed by atoms with van der Waals surface area (Å²) < 4.78 is 6.74. The highest BCUT2D eigenvalue weighted by Gasteiger charge is 2.05. The van der Waals surface area contributed by atoms with Gasteiger partial charge in [0.25, 0.3) is 0 Å². The Kier molecular flexibility index (Phi) is 5.05. The molecular weight excluding hydrogens is 374 g/mol. The highest BCUT2D eigenvalue weighted by atomic mass is 79.9. The second-order valence-electron chi connectivity index (χ2n) is 4.80. The van der Waals surface area contributed by atoms with Crippen LogP contribution in [0.25, 0.3) is 11.3 Å². The van der Waals surface area contributed by atoms with Crippen LogP contribution in [0, 0.1) is 0 Å². The molecule has 4 nitrogen and oxygen atoms in total. The monoisotopic (exact) mass is 387 g/mol. The third-order valence-electron chi connectivity index (χ3n) is 3.11. The Morgan fingerprint density at radius 3 is 2.65 bits per heavy atom. The first kappa shape index (κ1) is 15.7. The summed E-state index contributed by atoms with van der Waals surface area (Å²) in [5, 5.41) is 6.62. The molecule has 1 aromatic carbocycles. The molecule has 2 N–H and O–H groups in total. The molecule has 23 heavy (non-hydrogen) atoms. The predicted molar refractivity (Wildman–Crippen MR) is 99.1 cm³/mol. The quantitative estimate of drug-likeness (QED) is 0.641. The number of nitrogens with zero attached hydrogens (tertiary/aromatic N) is 1. The molecular formula is C17H14BrN3OS. The number of anilines is 1. The zero-order valence-electron chi connectivity index (χ0n) is 12.1. The maximum Gasteiger partial charge on any atom is 0.172 e. The van der Waals surface area contributed by atoms with Crippen molar-refractivity contribution in [2.24, 2.45) is 0 Å². The predicted octanol–water partition coefficient (Wildman–Crippen LogP) is 4.59. The molecule has 0 unspecified atom stereocenters. The van der Waals surface area contributed by atoms with Crippen molar-refractivity contribution < 1.29 is 4.42 Å². The van der Waals surface area contributed by atoms with E-state index in [-0.39, 0.29) is 0 Å². The smallest absolute Gasteiger partial charge is 0.172 e. The van der Waals surface area contributed by atoms with Crippen LogP contribution in [0.3, 0.4) is 0 Å². The largest absolute Gasteiger partial charge is 0.459 e. The number of thiocarbonyl (C=S) groups is 1. The van der Waals surface area contributed by atoms with Crippen molar-refractivity contribution in [2.75, 3.05) is 5.32 Å². The van der Waals surface area contributed by atoms with Crippen LogP contribution in [-0.4, -0.2) is 10.1 Å². The van der Waals surface area contributed by atoms with Gasteiger partial charge in [0.2, 0.25) is 0 Å². The summed E-state index contributed by atoms with van der Waals surface area (Å²) in [6, 6.07) is 17.6. The molecule has 2 heterocycles. The Morgan fingerprint density at radius 1 is 1.09 bits per heavy atom. The first-order valence-corrected chi connectivity index (χ1v) is 8.21. The number of aromatic nitrogens is 1. The second-order valence-corrected chi connectivity index (χ2v) is 6.13. The van der Waals surface area contributed by atoms with Gasteiger partial charge in [-0.15, -0.1) is 0 Å². The number of hydrogen-bond acceptors (Lipinski definition) is 3. The zero-order chi connectivity index (χ0) is 16.1. The Bertz CT molecular complexity index is 787. The molecule has 0 aliphatic rings. The van der Waals surface area contributed by atoms with E-state index in [9.17, 15) is 0 Å². The molecule has 3 aromatic rings. The third-order valence-corrected chi connectivity index (χ3v) is 3.83. The van der Waals surface area contributed by atoms with Gasteiger partial charge in [0.05, 0.1) is 6.54 Å². The Labute approximate surface area is 148 Å². The van der Waals surface area contributed by atoms with E-state index in [1.54, 1.807) is 6.20 Å². The van der Waals surface area contributed by atoms with E-state index in [0.717, 1.165) is 21.6 Å². The van der Waals surface area contributed by atoms with Gasteiger partial charge in [0.1, 0.15) is 17.3 Å². The van der Waals surface area contributed by atoms with Gasteiger partial charge in [-0.1, -0.05) is 30.3 Å². The van der Waals surface area contributed by atoms with Crippen molar-refractivity contribution in [3.8, 4) is 11.3 Å². The van der Waals surface area contributed by atoms with E-state index in [4.69, 9.17) is 16.6 Å². The summed E-state index contributed by atoms with van der Waals surface area (Å²) >= 11 is 8.60. The second kappa shape index (κ2) is 7.39. The van der Waals surface area contributed by atoms with E-state index in [0.29, 0.717) is 17.5 Å². The van der Waals surface area contributed by atoms with Crippen LogP contribution in [0.1, 0.15) is 5.76 Å². The number of hydrogen-bond donors (Lipinski definition) is 2. The molecule has 2 aromatic heterocycles. The van der Waals surface area contributed by atoms with Crippen LogP contribution >= 0.6 is 28.1 Å². The minimum atomic E-state index is 0.498. The first-order valence-electron chi connectivity index (χ1n) is 7.01. The lowest BCUT2D eigenvalue weighted by molar-refractivity contribution is 0.516. The topological polar surface area (TPSA) is 50.1 Å². The molecule has 0 fully saturated rings. The molecule has 0 bridgehead atoms. The van der Waals surface area contributed by atoms with Crippen LogP contribution in [0.2, 0.25) is 0 Å². The average Bonchev–Trinajstić information content (AvgIpc) is 3.05. The van der Waals surface area contributed by atoms with Gasteiger partial charge in [-0.05, 0) is 52.4 Å². The van der Waals surface area contributed by atoms with Crippen molar-refractivity contribution in [3.63, 3.8) is 0 Å². The maximum atomic E-state index is 5.81. The van der Waals surface area contributed by atoms with Gasteiger partial charge in [-0.3, -0.25) is 0 Å². The number of rotatable bonds is 4. The summed E-state index contributed by atoms with van der Waals surface area (Å²) in [5.74, 6) is 2.35. The lowest BCUT2D eigenvalue weighted by Gasteiger charge is -2.08. The molecule has 0 amide bonds. The van der Waals surface area contributed by atoms with E-state index >= 15 is 0 Å². The van der Waals surface area contributed by atoms with Crippen molar-refractivity contribution >= 4 is 39.1 Å². The summed E-state index contributed by atoms with van der Waals surface area (Å²) in [4.78, 5) is 4.21. The van der Waals surface area contributed by atoms with Gasteiger partial charge >= 0.3 is 0 Å². The van der Waals surface area contributed by atoms with Crippen LogP contribution in [0.4, 0.5) is 5.82 Å². The molecule has 0 atom stereocenters. The lowest BCUT2D eigenvalue weighted by atomic mass is 10.2. The fourth-order valence-electron chi connectivity index (χ4n) is 2.01. The van der Waals surface area contributed by atoms with Crippen LogP contribution in [-0.2, 0) is 6.54 Å². The fraction of sp³-hybridized carbons (Fsp3) is 0.0588. The maximum absolute atomic E-state index is 5.81. The number of halogens is 1. The van der Waals surface area contributed by atoms with E-state index in [1.165, 1.54) is 0 Å². The van der Waals surface area contributed by atoms with Crippen molar-refractivity contribution in [1.29, 1.82) is 0 Å². The Morgan fingerprint density at radius 2 is 1.91 bits per heavy atom. The highest BCUT2D eigenvalue weighted by Crippen LogP contribution is 2.21. The fourth-order valence-corrected chi connectivity index (χ4v) is 2.42. The van der Waals surface area contributed by atoms with E-state index in [2.05, 4.69) is 31.5 Å². The molecule has 116 valence electrons. The summed E-state index contributed by atoms with van der Waals surface area (Å²) in [6.45, 7) is 0.509. The molecule has 3 rings (SSSR count). The minimum Gasteiger partial charge on any atom is -0.459 e. The van der Waals surface area contributed by atoms with Crippen LogP contribution in [0.5, 0.6) is 0 Å². The summed E-state index contributed by atoms with van der Waals surface area (Å²) in [5.41, 5.74) is 1.05. The molecule has 6 heteroatoms. The van der Waals surface area contributed by atoms with Crippen molar-refractivity contribution in [1.82, 2.24) is 10.3 Å². The Balaban J connectivity index is 1.55. The van der Waals surface area contributed by atoms with Crippen LogP contribution < -0.4 is 10.6 Å². The number of nitrogens with one attached hydrogen (secondary N) is 2. The molecule has 0 aliphatic heterocycles. The normalized spacial score (nSPS) is 10.3. The molecule has 0 spiro atoms. The van der Waals surface area contributed by atoms with E-state index < -0.39 is 0 Å². The Hall–Kier alpha value is -2.18. The van der Waals surface area contributed by atoms with Gasteiger partial charge in [0.15, 0.2) is 5.11 Å². The number of furan rings is 1. The van der Waals surface area contributed by atoms with Crippen molar-refractivity contribution in [2.45, 2.75) is 6.54 Å². The average molecular weight is 388 g/mol. The third kappa shape index (κ3) is 4.40. The minimum absolute atomic E-state index is 0.498. The van der Waals surface area contributed by atoms with Crippen molar-refractivity contribution in [3.05, 3.63) is 71.0 Å². The number of pyridine rings is 1. The number of benzene rings is 1. The van der Waals surface area contributed by atoms with Gasteiger partial charge in [0, 0.05) is 16.2 Å². The molecule has 0 saturated heterocycles. The van der Waals surface area contributed by atoms with Crippen LogP contribution in [0.15, 0.2) is 69.7 Å². The lowest BCUT2D eigenvalue weighted by Crippen LogP contribution is -2.28. The molecule has 0 radical (unpaired) electrons. The van der Waals surface area contributed by atoms with E-state index in [1.807, 2.05) is 54.6 Å². The SMILES string of the molecule is S=C(NCc1ccc(-c2ccccc2)o1)Nc1ccc(Br)cn1. The highest BCUT2D eigenvalue weighted by molar-refractivity contribution is 9.10. The first-order chi connectivity index (χ1) is 11.2. The summed E-state index contributed by atoms with van der Waals surface area (Å²) in [6.07, 6.45) is 1.71. The zero-order valence-corrected chi connectivity index (χ0v) is 14.5. The van der Waals surface area contributed by atoms with Gasteiger partial charge in [-0.2, -0.15) is 0 Å².